The maximum absolute atomic E-state index is 11.8. The van der Waals surface area contributed by atoms with E-state index >= 15 is 0 Å². The molecule has 4 fully saturated rings. The lowest BCUT2D eigenvalue weighted by atomic mass is 9.48. The zero-order valence-corrected chi connectivity index (χ0v) is 21.8. The second kappa shape index (κ2) is 10.1. The minimum atomic E-state index is -0.316. The molecule has 194 valence electrons. The smallest absolute Gasteiger partial charge is 0.337 e. The van der Waals surface area contributed by atoms with Crippen LogP contribution in [0.4, 0.5) is 0 Å². The molecule has 0 N–H and O–H groups in total. The predicted octanol–water partition coefficient (Wildman–Crippen LogP) is 6.76. The van der Waals surface area contributed by atoms with Gasteiger partial charge >= 0.3 is 5.97 Å². The van der Waals surface area contributed by atoms with E-state index in [1.54, 1.807) is 7.11 Å². The third-order valence-corrected chi connectivity index (χ3v) is 8.92. The minimum absolute atomic E-state index is 0.211. The Morgan fingerprint density at radius 1 is 0.811 bits per heavy atom. The lowest BCUT2D eigenvalue weighted by Crippen LogP contribution is -2.48. The van der Waals surface area contributed by atoms with Crippen LogP contribution in [0.5, 0.6) is 5.75 Å². The van der Waals surface area contributed by atoms with Crippen molar-refractivity contribution < 1.29 is 23.7 Å². The molecular formula is C32H36O5. The fourth-order valence-electron chi connectivity index (χ4n) is 7.65. The molecule has 3 aromatic carbocycles. The fraction of sp³-hybridized carbons (Fsp3) is 0.469. The van der Waals surface area contributed by atoms with Gasteiger partial charge in [0.1, 0.15) is 5.75 Å². The average Bonchev–Trinajstić information content (AvgIpc) is 2.91. The van der Waals surface area contributed by atoms with E-state index in [2.05, 4.69) is 30.3 Å². The van der Waals surface area contributed by atoms with E-state index in [4.69, 9.17) is 18.9 Å². The van der Waals surface area contributed by atoms with Gasteiger partial charge in [0, 0.05) is 12.7 Å². The van der Waals surface area contributed by atoms with Gasteiger partial charge in [0.25, 0.3) is 0 Å². The Labute approximate surface area is 219 Å². The van der Waals surface area contributed by atoms with Crippen LogP contribution in [0.2, 0.25) is 0 Å². The Bertz CT molecular complexity index is 1240. The second-order valence-electron chi connectivity index (χ2n) is 11.3. The molecule has 0 heterocycles. The summed E-state index contributed by atoms with van der Waals surface area (Å²) in [4.78, 5) is 11.8. The van der Waals surface area contributed by atoms with Gasteiger partial charge in [-0.3, -0.25) is 0 Å². The highest BCUT2D eigenvalue weighted by Gasteiger charge is 2.52. The summed E-state index contributed by atoms with van der Waals surface area (Å²) in [5.41, 5.74) is 4.36. The van der Waals surface area contributed by atoms with E-state index in [1.165, 1.54) is 56.6 Å². The monoisotopic (exact) mass is 500 g/mol. The standard InChI is InChI=1S/C32H36O5/c1-34-9-10-36-20-37-30-16-27-8-7-26(24-3-5-25(6-4-24)31(33)35-2)14-28(27)15-29(30)32-17-21-11-22(18-32)13-23(12-21)19-32/h3-8,14-16,21-23H,9-13,17-20H2,1-2H3. The van der Waals surface area contributed by atoms with Crippen LogP contribution in [-0.4, -0.2) is 40.2 Å². The van der Waals surface area contributed by atoms with Crippen LogP contribution in [0.25, 0.3) is 21.9 Å². The van der Waals surface area contributed by atoms with Gasteiger partial charge in [-0.1, -0.05) is 24.3 Å². The summed E-state index contributed by atoms with van der Waals surface area (Å²) in [6.07, 6.45) is 8.07. The van der Waals surface area contributed by atoms with E-state index in [0.29, 0.717) is 18.8 Å². The van der Waals surface area contributed by atoms with E-state index in [1.807, 2.05) is 24.3 Å². The molecule has 0 spiro atoms. The Morgan fingerprint density at radius 2 is 1.49 bits per heavy atom. The van der Waals surface area contributed by atoms with Crippen molar-refractivity contribution in [2.75, 3.05) is 34.2 Å². The van der Waals surface area contributed by atoms with Crippen LogP contribution in [0.15, 0.2) is 54.6 Å². The minimum Gasteiger partial charge on any atom is -0.467 e. The Balaban J connectivity index is 1.36. The van der Waals surface area contributed by atoms with Crippen LogP contribution in [0, 0.1) is 17.8 Å². The first kappa shape index (κ1) is 24.4. The van der Waals surface area contributed by atoms with Gasteiger partial charge in [0.15, 0.2) is 6.79 Å². The molecule has 0 atom stereocenters. The SMILES string of the molecule is COCCOCOc1cc2ccc(-c3ccc(C(=O)OC)cc3)cc2cc1C12CC3CC(CC(C3)C1)C2. The molecule has 5 nitrogen and oxygen atoms in total. The van der Waals surface area contributed by atoms with Crippen molar-refractivity contribution in [1.29, 1.82) is 0 Å². The topological polar surface area (TPSA) is 54.0 Å². The number of fused-ring (bicyclic) bond motifs is 1. The number of methoxy groups -OCH3 is 2. The molecule has 5 heteroatoms. The number of benzene rings is 3. The Hall–Kier alpha value is -2.89. The highest BCUT2D eigenvalue weighted by Crippen LogP contribution is 2.62. The third-order valence-electron chi connectivity index (χ3n) is 8.92. The van der Waals surface area contributed by atoms with E-state index in [0.717, 1.165) is 40.0 Å². The van der Waals surface area contributed by atoms with E-state index in [-0.39, 0.29) is 18.2 Å². The van der Waals surface area contributed by atoms with Gasteiger partial charge in [-0.25, -0.2) is 4.79 Å². The number of carbonyl (C=O) groups excluding carboxylic acids is 1. The zero-order valence-electron chi connectivity index (χ0n) is 21.8. The van der Waals surface area contributed by atoms with Gasteiger partial charge in [-0.2, -0.15) is 0 Å². The number of carbonyl (C=O) groups is 1. The Morgan fingerprint density at radius 3 is 2.14 bits per heavy atom. The first-order valence-electron chi connectivity index (χ1n) is 13.5. The van der Waals surface area contributed by atoms with Crippen molar-refractivity contribution in [1.82, 2.24) is 0 Å². The van der Waals surface area contributed by atoms with Crippen molar-refractivity contribution in [3.8, 4) is 16.9 Å². The first-order chi connectivity index (χ1) is 18.1. The maximum atomic E-state index is 11.8. The van der Waals surface area contributed by atoms with Gasteiger partial charge in [-0.15, -0.1) is 0 Å². The highest BCUT2D eigenvalue weighted by atomic mass is 16.7. The molecule has 0 amide bonds. The largest absolute Gasteiger partial charge is 0.467 e. The van der Waals surface area contributed by atoms with Crippen LogP contribution in [-0.2, 0) is 19.6 Å². The molecule has 4 saturated carbocycles. The summed E-state index contributed by atoms with van der Waals surface area (Å²) in [6.45, 7) is 1.32. The van der Waals surface area contributed by atoms with Crippen molar-refractivity contribution in [3.05, 3.63) is 65.7 Å². The average molecular weight is 501 g/mol. The quantitative estimate of drug-likeness (QED) is 0.185. The molecule has 7 rings (SSSR count). The number of rotatable bonds is 9. The zero-order chi connectivity index (χ0) is 25.4. The molecule has 0 aliphatic heterocycles. The lowest BCUT2D eigenvalue weighted by Gasteiger charge is -2.57. The maximum Gasteiger partial charge on any atom is 0.337 e. The fourth-order valence-corrected chi connectivity index (χ4v) is 7.65. The molecule has 4 aliphatic rings. The summed E-state index contributed by atoms with van der Waals surface area (Å²) in [5, 5.41) is 2.39. The number of hydrogen-bond donors (Lipinski definition) is 0. The van der Waals surface area contributed by atoms with Crippen molar-refractivity contribution in [2.24, 2.45) is 17.8 Å². The van der Waals surface area contributed by atoms with Gasteiger partial charge < -0.3 is 18.9 Å². The van der Waals surface area contributed by atoms with Crippen molar-refractivity contribution in [2.45, 2.75) is 43.9 Å². The highest BCUT2D eigenvalue weighted by molar-refractivity contribution is 5.92. The predicted molar refractivity (Wildman–Crippen MR) is 144 cm³/mol. The number of esters is 1. The summed E-state index contributed by atoms with van der Waals surface area (Å²) in [5.74, 6) is 3.22. The third kappa shape index (κ3) is 4.75. The second-order valence-corrected chi connectivity index (χ2v) is 11.3. The normalized spacial score (nSPS) is 25.9. The van der Waals surface area contributed by atoms with Crippen LogP contribution in [0.3, 0.4) is 0 Å². The molecule has 37 heavy (non-hydrogen) atoms. The Kier molecular flexibility index (Phi) is 6.68. The summed E-state index contributed by atoms with van der Waals surface area (Å²) in [6, 6.07) is 18.8. The molecular weight excluding hydrogens is 464 g/mol. The molecule has 0 aromatic heterocycles. The molecule has 4 aliphatic carbocycles. The summed E-state index contributed by atoms with van der Waals surface area (Å²) < 4.78 is 22.0. The molecule has 3 aromatic rings. The lowest BCUT2D eigenvalue weighted by molar-refractivity contribution is -0.0188. The van der Waals surface area contributed by atoms with Gasteiger partial charge in [0.2, 0.25) is 0 Å². The molecule has 4 bridgehead atoms. The first-order valence-corrected chi connectivity index (χ1v) is 13.5. The molecule has 0 radical (unpaired) electrons. The molecule has 0 saturated heterocycles. The summed E-state index contributed by atoms with van der Waals surface area (Å²) in [7, 11) is 3.09. The number of hydrogen-bond acceptors (Lipinski definition) is 5. The van der Waals surface area contributed by atoms with Crippen LogP contribution >= 0.6 is 0 Å². The van der Waals surface area contributed by atoms with Crippen LogP contribution in [0.1, 0.15) is 54.4 Å². The summed E-state index contributed by atoms with van der Waals surface area (Å²) >= 11 is 0. The van der Waals surface area contributed by atoms with Crippen LogP contribution < -0.4 is 4.74 Å². The van der Waals surface area contributed by atoms with Gasteiger partial charge in [-0.05, 0) is 114 Å². The van der Waals surface area contributed by atoms with Crippen molar-refractivity contribution >= 4 is 16.7 Å². The van der Waals surface area contributed by atoms with Crippen molar-refractivity contribution in [3.63, 3.8) is 0 Å². The molecule has 0 unspecified atom stereocenters. The van der Waals surface area contributed by atoms with E-state index in [9.17, 15) is 4.79 Å². The van der Waals surface area contributed by atoms with Gasteiger partial charge in [0.05, 0.1) is 25.9 Å². The van der Waals surface area contributed by atoms with E-state index < -0.39 is 0 Å². The number of ether oxygens (including phenoxy) is 4.